The Morgan fingerprint density at radius 1 is 0.950 bits per heavy atom. The first-order chi connectivity index (χ1) is 9.83. The normalized spacial score (nSPS) is 20.5. The van der Waals surface area contributed by atoms with Crippen LogP contribution in [0.4, 0.5) is 0 Å². The van der Waals surface area contributed by atoms with E-state index in [0.717, 1.165) is 24.0 Å². The number of rotatable bonds is 3. The van der Waals surface area contributed by atoms with E-state index >= 15 is 0 Å². The van der Waals surface area contributed by atoms with Crippen molar-refractivity contribution in [3.8, 4) is 0 Å². The molecule has 1 saturated carbocycles. The maximum absolute atomic E-state index is 12.1. The second-order valence-corrected chi connectivity index (χ2v) is 5.36. The fourth-order valence-electron chi connectivity index (χ4n) is 2.87. The Hall–Kier alpha value is -2.15. The predicted molar refractivity (Wildman–Crippen MR) is 82.3 cm³/mol. The smallest absolute Gasteiger partial charge is 0.159 e. The van der Waals surface area contributed by atoms with E-state index in [2.05, 4.69) is 42.5 Å². The first kappa shape index (κ1) is 12.9. The first-order valence-corrected chi connectivity index (χ1v) is 7.17. The zero-order chi connectivity index (χ0) is 13.8. The van der Waals surface area contributed by atoms with Crippen LogP contribution >= 0.6 is 0 Å². The van der Waals surface area contributed by atoms with Crippen LogP contribution in [0, 0.1) is 5.92 Å². The Kier molecular flexibility index (Phi) is 3.78. The molecule has 0 aromatic heterocycles. The molecule has 0 spiro atoms. The van der Waals surface area contributed by atoms with Gasteiger partial charge in [0, 0.05) is 6.42 Å². The third kappa shape index (κ3) is 2.88. The lowest BCUT2D eigenvalue weighted by molar-refractivity contribution is -0.114. The second kappa shape index (κ2) is 5.87. The van der Waals surface area contributed by atoms with Gasteiger partial charge in [0.1, 0.15) is 0 Å². The molecule has 2 aromatic carbocycles. The molecule has 20 heavy (non-hydrogen) atoms. The van der Waals surface area contributed by atoms with Crippen molar-refractivity contribution in [2.45, 2.75) is 19.3 Å². The zero-order valence-electron chi connectivity index (χ0n) is 11.5. The number of hydrogen-bond acceptors (Lipinski definition) is 1. The average Bonchev–Trinajstić information content (AvgIpc) is 2.83. The standard InChI is InChI=1S/C19H18O/c20-19-12-11-17(13-15-7-3-1-4-8-15)18(19)14-16-9-5-2-6-10-16/h1-10,14,17H,11-13H2. The molecule has 0 amide bonds. The fraction of sp³-hybridized carbons (Fsp3) is 0.211. The molecule has 0 radical (unpaired) electrons. The van der Waals surface area contributed by atoms with Gasteiger partial charge in [-0.3, -0.25) is 4.79 Å². The third-order valence-electron chi connectivity index (χ3n) is 3.93. The Morgan fingerprint density at radius 3 is 2.30 bits per heavy atom. The van der Waals surface area contributed by atoms with E-state index < -0.39 is 0 Å². The highest BCUT2D eigenvalue weighted by molar-refractivity contribution is 6.02. The predicted octanol–water partition coefficient (Wildman–Crippen LogP) is 4.29. The Bertz CT molecular complexity index is 611. The summed E-state index contributed by atoms with van der Waals surface area (Å²) in [6, 6.07) is 20.6. The summed E-state index contributed by atoms with van der Waals surface area (Å²) in [5.41, 5.74) is 3.43. The first-order valence-electron chi connectivity index (χ1n) is 7.17. The molecular weight excluding hydrogens is 244 g/mol. The molecule has 1 unspecified atom stereocenters. The highest BCUT2D eigenvalue weighted by Crippen LogP contribution is 2.32. The molecule has 2 aromatic rings. The number of carbonyl (C=O) groups excluding carboxylic acids is 1. The molecule has 0 saturated heterocycles. The van der Waals surface area contributed by atoms with Crippen LogP contribution in [0.1, 0.15) is 24.0 Å². The number of Topliss-reactive ketones (excluding diaryl/α,β-unsaturated/α-hetero) is 1. The van der Waals surface area contributed by atoms with Crippen molar-refractivity contribution in [1.29, 1.82) is 0 Å². The number of hydrogen-bond donors (Lipinski definition) is 0. The van der Waals surface area contributed by atoms with E-state index in [9.17, 15) is 4.79 Å². The molecule has 1 aliphatic carbocycles. The second-order valence-electron chi connectivity index (χ2n) is 5.36. The van der Waals surface area contributed by atoms with E-state index in [1.165, 1.54) is 5.56 Å². The van der Waals surface area contributed by atoms with Gasteiger partial charge in [0.2, 0.25) is 0 Å². The van der Waals surface area contributed by atoms with Crippen molar-refractivity contribution >= 4 is 11.9 Å². The van der Waals surface area contributed by atoms with Gasteiger partial charge in [-0.05, 0) is 41.5 Å². The maximum Gasteiger partial charge on any atom is 0.159 e. The lowest BCUT2D eigenvalue weighted by Gasteiger charge is -2.11. The van der Waals surface area contributed by atoms with E-state index in [-0.39, 0.29) is 0 Å². The monoisotopic (exact) mass is 262 g/mol. The van der Waals surface area contributed by atoms with Crippen molar-refractivity contribution in [3.63, 3.8) is 0 Å². The Morgan fingerprint density at radius 2 is 1.60 bits per heavy atom. The minimum atomic E-state index is 0.315. The van der Waals surface area contributed by atoms with Crippen molar-refractivity contribution in [1.82, 2.24) is 0 Å². The summed E-state index contributed by atoms with van der Waals surface area (Å²) in [7, 11) is 0. The van der Waals surface area contributed by atoms with Gasteiger partial charge in [0.25, 0.3) is 0 Å². The van der Waals surface area contributed by atoms with Gasteiger partial charge in [0.05, 0.1) is 0 Å². The maximum atomic E-state index is 12.1. The average molecular weight is 262 g/mol. The van der Waals surface area contributed by atoms with E-state index in [0.29, 0.717) is 18.1 Å². The number of benzene rings is 2. The van der Waals surface area contributed by atoms with E-state index in [1.54, 1.807) is 0 Å². The third-order valence-corrected chi connectivity index (χ3v) is 3.93. The van der Waals surface area contributed by atoms with Crippen molar-refractivity contribution < 1.29 is 4.79 Å². The number of ketones is 1. The number of allylic oxidation sites excluding steroid dienone is 1. The van der Waals surface area contributed by atoms with Crippen LogP contribution in [0.5, 0.6) is 0 Å². The number of carbonyl (C=O) groups is 1. The minimum Gasteiger partial charge on any atom is -0.295 e. The van der Waals surface area contributed by atoms with Crippen molar-refractivity contribution in [2.24, 2.45) is 5.92 Å². The highest BCUT2D eigenvalue weighted by Gasteiger charge is 2.28. The van der Waals surface area contributed by atoms with Gasteiger partial charge in [-0.2, -0.15) is 0 Å². The SMILES string of the molecule is O=C1CCC(Cc2ccccc2)C1=Cc1ccccc1. The molecule has 0 N–H and O–H groups in total. The quantitative estimate of drug-likeness (QED) is 0.754. The van der Waals surface area contributed by atoms with Crippen LogP contribution < -0.4 is 0 Å². The summed E-state index contributed by atoms with van der Waals surface area (Å²) in [5, 5.41) is 0. The zero-order valence-corrected chi connectivity index (χ0v) is 11.5. The molecule has 1 fully saturated rings. The molecule has 100 valence electrons. The van der Waals surface area contributed by atoms with Crippen LogP contribution in [-0.2, 0) is 11.2 Å². The Balaban J connectivity index is 1.84. The van der Waals surface area contributed by atoms with Gasteiger partial charge in [-0.15, -0.1) is 0 Å². The summed E-state index contributed by atoms with van der Waals surface area (Å²) < 4.78 is 0. The Labute approximate surface area is 120 Å². The molecule has 1 aliphatic rings. The van der Waals surface area contributed by atoms with Gasteiger partial charge in [0.15, 0.2) is 5.78 Å². The van der Waals surface area contributed by atoms with Crippen LogP contribution in [0.3, 0.4) is 0 Å². The van der Waals surface area contributed by atoms with Gasteiger partial charge < -0.3 is 0 Å². The molecular formula is C19H18O. The van der Waals surface area contributed by atoms with Crippen molar-refractivity contribution in [2.75, 3.05) is 0 Å². The van der Waals surface area contributed by atoms with Crippen molar-refractivity contribution in [3.05, 3.63) is 77.4 Å². The summed E-state index contributed by atoms with van der Waals surface area (Å²) in [6.07, 6.45) is 4.71. The molecule has 1 heteroatoms. The highest BCUT2D eigenvalue weighted by atomic mass is 16.1. The lowest BCUT2D eigenvalue weighted by Crippen LogP contribution is -2.05. The van der Waals surface area contributed by atoms with Gasteiger partial charge in [-0.1, -0.05) is 60.7 Å². The molecule has 1 atom stereocenters. The fourth-order valence-corrected chi connectivity index (χ4v) is 2.87. The summed E-state index contributed by atoms with van der Waals surface area (Å²) in [4.78, 5) is 12.1. The van der Waals surface area contributed by atoms with Crippen LogP contribution in [0.2, 0.25) is 0 Å². The molecule has 1 nitrogen and oxygen atoms in total. The van der Waals surface area contributed by atoms with Crippen LogP contribution in [0.25, 0.3) is 6.08 Å². The molecule has 0 bridgehead atoms. The topological polar surface area (TPSA) is 17.1 Å². The van der Waals surface area contributed by atoms with Gasteiger partial charge >= 0.3 is 0 Å². The largest absolute Gasteiger partial charge is 0.295 e. The van der Waals surface area contributed by atoms with Gasteiger partial charge in [-0.25, -0.2) is 0 Å². The lowest BCUT2D eigenvalue weighted by atomic mass is 9.93. The van der Waals surface area contributed by atoms with E-state index in [1.807, 2.05) is 24.3 Å². The summed E-state index contributed by atoms with van der Waals surface area (Å²) in [5.74, 6) is 0.680. The van der Waals surface area contributed by atoms with Crippen LogP contribution in [0.15, 0.2) is 66.2 Å². The molecule has 3 rings (SSSR count). The van der Waals surface area contributed by atoms with Crippen LogP contribution in [-0.4, -0.2) is 5.78 Å². The minimum absolute atomic E-state index is 0.315. The van der Waals surface area contributed by atoms with E-state index in [4.69, 9.17) is 0 Å². The molecule has 0 heterocycles. The molecule has 0 aliphatic heterocycles. The summed E-state index contributed by atoms with van der Waals surface area (Å²) >= 11 is 0. The summed E-state index contributed by atoms with van der Waals surface area (Å²) in [6.45, 7) is 0.